The first kappa shape index (κ1) is 10.8. The molecule has 0 radical (unpaired) electrons. The van der Waals surface area contributed by atoms with E-state index in [9.17, 15) is 8.78 Å². The molecule has 0 aliphatic carbocycles. The van der Waals surface area contributed by atoms with Crippen LogP contribution in [0.25, 0.3) is 0 Å². The molecule has 0 fully saturated rings. The van der Waals surface area contributed by atoms with E-state index in [1.165, 1.54) is 0 Å². The molecule has 12 heavy (non-hydrogen) atoms. The monoisotopic (exact) mass is 174 g/mol. The summed E-state index contributed by atoms with van der Waals surface area (Å²) in [4.78, 5) is 0. The Morgan fingerprint density at radius 1 is 1.33 bits per heavy atom. The van der Waals surface area contributed by atoms with E-state index in [0.29, 0.717) is 0 Å². The maximum atomic E-state index is 11.6. The lowest BCUT2D eigenvalue weighted by molar-refractivity contribution is 0.143. The fourth-order valence-electron chi connectivity index (χ4n) is 0.544. The first-order valence-electron chi connectivity index (χ1n) is 3.18. The van der Waals surface area contributed by atoms with Gasteiger partial charge in [-0.25, -0.2) is 8.78 Å². The third-order valence-electron chi connectivity index (χ3n) is 1.14. The van der Waals surface area contributed by atoms with Crippen LogP contribution in [-0.2, 0) is 0 Å². The summed E-state index contributed by atoms with van der Waals surface area (Å²) in [6.45, 7) is -0.631. The molecule has 0 saturated carbocycles. The van der Waals surface area contributed by atoms with Crippen LogP contribution in [0.4, 0.5) is 8.78 Å². The third-order valence-corrected chi connectivity index (χ3v) is 1.14. The molecule has 0 heterocycles. The highest BCUT2D eigenvalue weighted by Crippen LogP contribution is 1.92. The summed E-state index contributed by atoms with van der Waals surface area (Å²) < 4.78 is 23.2. The Kier molecular flexibility index (Phi) is 4.86. The summed E-state index contributed by atoms with van der Waals surface area (Å²) in [6, 6.07) is 1.09. The molecular weight excluding hydrogens is 166 g/mol. The van der Waals surface area contributed by atoms with E-state index >= 15 is 0 Å². The van der Waals surface area contributed by atoms with Gasteiger partial charge in [0, 0.05) is 0 Å². The molecule has 4 nitrogen and oxygen atoms in total. The molecule has 0 bridgehead atoms. The van der Waals surface area contributed by atoms with Gasteiger partial charge in [0.25, 0.3) is 6.43 Å². The van der Waals surface area contributed by atoms with Crippen molar-refractivity contribution in [3.05, 3.63) is 0 Å². The van der Waals surface area contributed by atoms with E-state index < -0.39 is 25.1 Å². The second-order valence-corrected chi connectivity index (χ2v) is 2.06. The highest BCUT2D eigenvalue weighted by molar-refractivity contribution is 5.06. The fraction of sp³-hybridized carbons (Fsp3) is 0.667. The van der Waals surface area contributed by atoms with E-state index in [4.69, 9.17) is 16.3 Å². The minimum Gasteiger partial charge on any atom is -0.314 e. The zero-order valence-corrected chi connectivity index (χ0v) is 6.17. The topological polar surface area (TPSA) is 85.6 Å². The second-order valence-electron chi connectivity index (χ2n) is 2.06. The lowest BCUT2D eigenvalue weighted by Gasteiger charge is -2.11. The van der Waals surface area contributed by atoms with Crippen molar-refractivity contribution < 1.29 is 8.78 Å². The normalized spacial score (nSPS) is 14.8. The molecule has 0 aromatic heterocycles. The number of nitrogens with zero attached hydrogens (tertiary/aromatic N) is 2. The SMILES string of the molecule is N#CC(N)C(C#N)NCC(F)F. The highest BCUT2D eigenvalue weighted by Gasteiger charge is 2.17. The largest absolute Gasteiger partial charge is 0.314 e. The Hall–Kier alpha value is -1.24. The average Bonchev–Trinajstić information content (AvgIpc) is 2.04. The number of nitriles is 2. The molecule has 0 spiro atoms. The van der Waals surface area contributed by atoms with Gasteiger partial charge in [0.2, 0.25) is 0 Å². The van der Waals surface area contributed by atoms with Gasteiger partial charge in [0.05, 0.1) is 18.7 Å². The highest BCUT2D eigenvalue weighted by atomic mass is 19.3. The number of nitrogens with one attached hydrogen (secondary N) is 1. The number of alkyl halides is 2. The lowest BCUT2D eigenvalue weighted by Crippen LogP contribution is -2.44. The average molecular weight is 174 g/mol. The molecular formula is C6H8F2N4. The molecule has 0 aromatic rings. The van der Waals surface area contributed by atoms with E-state index in [2.05, 4.69) is 5.32 Å². The molecule has 66 valence electrons. The van der Waals surface area contributed by atoms with Gasteiger partial charge >= 0.3 is 0 Å². The van der Waals surface area contributed by atoms with Crippen LogP contribution in [0.3, 0.4) is 0 Å². The predicted octanol–water partition coefficient (Wildman–Crippen LogP) is -0.416. The Morgan fingerprint density at radius 3 is 2.25 bits per heavy atom. The van der Waals surface area contributed by atoms with Crippen LogP contribution < -0.4 is 11.1 Å². The van der Waals surface area contributed by atoms with Crippen molar-refractivity contribution in [1.29, 1.82) is 10.5 Å². The molecule has 6 heteroatoms. The summed E-state index contributed by atoms with van der Waals surface area (Å²) in [5.74, 6) is 0. The molecule has 0 saturated heterocycles. The Labute approximate surface area is 68.6 Å². The van der Waals surface area contributed by atoms with Crippen LogP contribution in [0, 0.1) is 22.7 Å². The van der Waals surface area contributed by atoms with Gasteiger partial charge in [-0.3, -0.25) is 5.32 Å². The van der Waals surface area contributed by atoms with Crippen molar-refractivity contribution in [2.75, 3.05) is 6.54 Å². The Balaban J connectivity index is 3.88. The molecule has 0 aliphatic heterocycles. The van der Waals surface area contributed by atoms with Crippen LogP contribution in [0.2, 0.25) is 0 Å². The predicted molar refractivity (Wildman–Crippen MR) is 37.0 cm³/mol. The quantitative estimate of drug-likeness (QED) is 0.606. The summed E-state index contributed by atoms with van der Waals surface area (Å²) >= 11 is 0. The summed E-state index contributed by atoms with van der Waals surface area (Å²) in [5.41, 5.74) is 5.12. The minimum absolute atomic E-state index is 0.631. The molecule has 2 atom stereocenters. The zero-order valence-electron chi connectivity index (χ0n) is 6.17. The number of rotatable bonds is 4. The molecule has 2 unspecified atom stereocenters. The molecule has 0 amide bonds. The van der Waals surface area contributed by atoms with E-state index in [-0.39, 0.29) is 0 Å². The third kappa shape index (κ3) is 3.81. The fourth-order valence-corrected chi connectivity index (χ4v) is 0.544. The van der Waals surface area contributed by atoms with Crippen molar-refractivity contribution in [2.45, 2.75) is 18.5 Å². The Bertz CT molecular complexity index is 205. The van der Waals surface area contributed by atoms with Crippen LogP contribution in [0.5, 0.6) is 0 Å². The van der Waals surface area contributed by atoms with Crippen LogP contribution in [-0.4, -0.2) is 25.1 Å². The van der Waals surface area contributed by atoms with Crippen LogP contribution >= 0.6 is 0 Å². The standard InChI is InChI=1S/C6H8F2N4/c7-6(8)3-12-5(2-10)4(11)1-9/h4-6,12H,3,11H2. The maximum absolute atomic E-state index is 11.6. The van der Waals surface area contributed by atoms with E-state index in [1.54, 1.807) is 12.1 Å². The number of hydrogen-bond donors (Lipinski definition) is 2. The summed E-state index contributed by atoms with van der Waals surface area (Å²) in [7, 11) is 0. The van der Waals surface area contributed by atoms with Crippen molar-refractivity contribution in [1.82, 2.24) is 5.32 Å². The lowest BCUT2D eigenvalue weighted by atomic mass is 10.2. The first-order valence-corrected chi connectivity index (χ1v) is 3.18. The van der Waals surface area contributed by atoms with Crippen molar-refractivity contribution in [2.24, 2.45) is 5.73 Å². The molecule has 0 rings (SSSR count). The number of halogens is 2. The number of hydrogen-bond acceptors (Lipinski definition) is 4. The molecule has 0 aromatic carbocycles. The number of nitrogens with two attached hydrogens (primary N) is 1. The van der Waals surface area contributed by atoms with Crippen LogP contribution in [0.1, 0.15) is 0 Å². The van der Waals surface area contributed by atoms with E-state index in [1.807, 2.05) is 0 Å². The second kappa shape index (κ2) is 5.42. The van der Waals surface area contributed by atoms with E-state index in [0.717, 1.165) is 0 Å². The molecule has 0 aliphatic rings. The zero-order chi connectivity index (χ0) is 9.56. The smallest absolute Gasteiger partial charge is 0.250 e. The van der Waals surface area contributed by atoms with Gasteiger partial charge in [-0.1, -0.05) is 0 Å². The van der Waals surface area contributed by atoms with Gasteiger partial charge in [-0.05, 0) is 0 Å². The first-order chi connectivity index (χ1) is 5.61. The summed E-state index contributed by atoms with van der Waals surface area (Å²) in [6.07, 6.45) is -2.55. The molecule has 3 N–H and O–H groups in total. The minimum atomic E-state index is -2.55. The van der Waals surface area contributed by atoms with Gasteiger partial charge < -0.3 is 5.73 Å². The maximum Gasteiger partial charge on any atom is 0.250 e. The Morgan fingerprint density at radius 2 is 1.92 bits per heavy atom. The van der Waals surface area contributed by atoms with Gasteiger partial charge in [-0.2, -0.15) is 10.5 Å². The van der Waals surface area contributed by atoms with Crippen molar-refractivity contribution in [3.8, 4) is 12.1 Å². The van der Waals surface area contributed by atoms with Crippen LogP contribution in [0.15, 0.2) is 0 Å². The van der Waals surface area contributed by atoms with Gasteiger partial charge in [-0.15, -0.1) is 0 Å². The van der Waals surface area contributed by atoms with Crippen molar-refractivity contribution in [3.63, 3.8) is 0 Å². The summed E-state index contributed by atoms with van der Waals surface area (Å²) in [5, 5.41) is 18.8. The van der Waals surface area contributed by atoms with Gasteiger partial charge in [0.15, 0.2) is 0 Å². The van der Waals surface area contributed by atoms with Gasteiger partial charge in [0.1, 0.15) is 12.1 Å². The van der Waals surface area contributed by atoms with Crippen molar-refractivity contribution >= 4 is 0 Å².